The molecule has 0 saturated carbocycles. The minimum Gasteiger partial charge on any atom is -0.462 e. The molecule has 4 fully saturated rings. The Morgan fingerprint density at radius 3 is 1.25 bits per heavy atom. The Kier molecular flexibility index (Phi) is 10.9. The maximum atomic E-state index is 13.0. The summed E-state index contributed by atoms with van der Waals surface area (Å²) < 4.78 is 36.2. The normalized spacial score (nSPS) is 44.4. The van der Waals surface area contributed by atoms with Gasteiger partial charge in [-0.3, -0.25) is 14.4 Å². The molecule has 0 aromatic heterocycles. The highest BCUT2D eigenvalue weighted by atomic mass is 16.6. The van der Waals surface area contributed by atoms with Crippen molar-refractivity contribution < 1.29 is 42.8 Å². The van der Waals surface area contributed by atoms with Crippen LogP contribution in [0.1, 0.15) is 106 Å². The average Bonchev–Trinajstić information content (AvgIpc) is 3.68. The van der Waals surface area contributed by atoms with E-state index in [1.807, 2.05) is 41.5 Å². The average molecular weight is 567 g/mol. The van der Waals surface area contributed by atoms with E-state index in [0.29, 0.717) is 25.7 Å². The molecule has 0 aromatic carbocycles. The van der Waals surface area contributed by atoms with E-state index in [2.05, 4.69) is 0 Å². The molecule has 4 heterocycles. The van der Waals surface area contributed by atoms with Crippen molar-refractivity contribution in [3.63, 3.8) is 0 Å². The molecule has 0 unspecified atom stereocenters. The van der Waals surface area contributed by atoms with Gasteiger partial charge in [0.2, 0.25) is 0 Å². The summed E-state index contributed by atoms with van der Waals surface area (Å²) in [5.74, 6) is -1.95. The number of esters is 3. The number of carbonyl (C=O) groups excluding carboxylic acids is 3. The van der Waals surface area contributed by atoms with Crippen molar-refractivity contribution in [3.8, 4) is 0 Å². The van der Waals surface area contributed by atoms with Crippen LogP contribution in [-0.4, -0.2) is 72.8 Å². The number of carbonyl (C=O) groups is 3. The molecule has 0 radical (unpaired) electrons. The minimum absolute atomic E-state index is 0.0570. The van der Waals surface area contributed by atoms with Crippen LogP contribution in [0.3, 0.4) is 0 Å². The molecule has 4 aliphatic heterocycles. The summed E-state index contributed by atoms with van der Waals surface area (Å²) in [6, 6.07) is 0. The third kappa shape index (κ3) is 7.97. The highest BCUT2D eigenvalue weighted by Crippen LogP contribution is 2.34. The number of cyclic esters (lactones) is 3. The van der Waals surface area contributed by atoms with E-state index in [0.717, 1.165) is 38.5 Å². The Bertz CT molecular complexity index is 877. The van der Waals surface area contributed by atoms with Crippen molar-refractivity contribution in [2.45, 2.75) is 161 Å². The standard InChI is InChI=1S/C31H50O9/c1-7-22-16-25-10-13-27(39-25)20(5)30(33)36-17(2)14-23-8-11-26(37-23)19(4)29(32)35-18(3)15-24-9-12-28(38-24)21(6)31(34)40-22/h17-28H,7-16H2,1-6H3/t17-,18+,19+,20-,21-,22+,23+,24+,25+,26-,27-,28-/m0/s1. The quantitative estimate of drug-likeness (QED) is 0.323. The van der Waals surface area contributed by atoms with Crippen molar-refractivity contribution in [1.29, 1.82) is 0 Å². The largest absolute Gasteiger partial charge is 0.462 e. The van der Waals surface area contributed by atoms with Crippen LogP contribution in [-0.2, 0) is 42.8 Å². The van der Waals surface area contributed by atoms with Gasteiger partial charge in [0.1, 0.15) is 18.3 Å². The maximum absolute atomic E-state index is 13.0. The number of ether oxygens (including phenoxy) is 6. The van der Waals surface area contributed by atoms with E-state index in [1.165, 1.54) is 0 Å². The third-order valence-corrected chi connectivity index (χ3v) is 9.30. The molecule has 12 atom stereocenters. The lowest BCUT2D eigenvalue weighted by atomic mass is 10.00. The predicted molar refractivity (Wildman–Crippen MR) is 146 cm³/mol. The highest BCUT2D eigenvalue weighted by molar-refractivity contribution is 5.74. The molecule has 228 valence electrons. The molecule has 4 aliphatic rings. The van der Waals surface area contributed by atoms with Gasteiger partial charge in [-0.1, -0.05) is 6.92 Å². The number of fused-ring (bicyclic) bond motifs is 6. The first-order valence-electron chi connectivity index (χ1n) is 15.6. The molecule has 4 rings (SSSR count). The van der Waals surface area contributed by atoms with E-state index < -0.39 is 0 Å². The molecule has 0 N–H and O–H groups in total. The van der Waals surface area contributed by atoms with Crippen LogP contribution in [0.4, 0.5) is 0 Å². The molecule has 6 bridgehead atoms. The fraction of sp³-hybridized carbons (Fsp3) is 0.903. The van der Waals surface area contributed by atoms with Gasteiger partial charge in [0.05, 0.1) is 54.4 Å². The van der Waals surface area contributed by atoms with Crippen molar-refractivity contribution in [1.82, 2.24) is 0 Å². The fourth-order valence-electron chi connectivity index (χ4n) is 6.59. The topological polar surface area (TPSA) is 107 Å². The van der Waals surface area contributed by atoms with Gasteiger partial charge in [-0.05, 0) is 79.6 Å². The summed E-state index contributed by atoms with van der Waals surface area (Å²) in [7, 11) is 0. The van der Waals surface area contributed by atoms with Gasteiger partial charge in [0.15, 0.2) is 0 Å². The van der Waals surface area contributed by atoms with E-state index in [1.54, 1.807) is 0 Å². The highest BCUT2D eigenvalue weighted by Gasteiger charge is 2.40. The maximum Gasteiger partial charge on any atom is 0.311 e. The summed E-state index contributed by atoms with van der Waals surface area (Å²) >= 11 is 0. The lowest BCUT2D eigenvalue weighted by molar-refractivity contribution is -0.162. The molecule has 40 heavy (non-hydrogen) atoms. The molecule has 4 saturated heterocycles. The zero-order chi connectivity index (χ0) is 29.0. The van der Waals surface area contributed by atoms with E-state index in [-0.39, 0.29) is 90.6 Å². The van der Waals surface area contributed by atoms with E-state index in [4.69, 9.17) is 28.4 Å². The van der Waals surface area contributed by atoms with Gasteiger partial charge in [0, 0.05) is 19.3 Å². The Labute approximate surface area is 239 Å². The zero-order valence-electron chi connectivity index (χ0n) is 25.2. The first-order valence-corrected chi connectivity index (χ1v) is 15.6. The predicted octanol–water partition coefficient (Wildman–Crippen LogP) is 4.91. The molecule has 0 aromatic rings. The van der Waals surface area contributed by atoms with Crippen LogP contribution in [0.2, 0.25) is 0 Å². The molecule has 0 spiro atoms. The van der Waals surface area contributed by atoms with Gasteiger partial charge in [-0.15, -0.1) is 0 Å². The minimum atomic E-state index is -0.387. The van der Waals surface area contributed by atoms with Gasteiger partial charge >= 0.3 is 17.9 Å². The van der Waals surface area contributed by atoms with Crippen LogP contribution in [0.5, 0.6) is 0 Å². The zero-order valence-corrected chi connectivity index (χ0v) is 25.2. The summed E-state index contributed by atoms with van der Waals surface area (Å²) in [5.41, 5.74) is 0. The third-order valence-electron chi connectivity index (χ3n) is 9.30. The first kappa shape index (κ1) is 31.2. The Hall–Kier alpha value is -1.71. The van der Waals surface area contributed by atoms with Crippen LogP contribution < -0.4 is 0 Å². The molecule has 9 heteroatoms. The van der Waals surface area contributed by atoms with Crippen LogP contribution in [0.15, 0.2) is 0 Å². The van der Waals surface area contributed by atoms with E-state index in [9.17, 15) is 14.4 Å². The Balaban J connectivity index is 1.43. The van der Waals surface area contributed by atoms with Gasteiger partial charge < -0.3 is 28.4 Å². The number of rotatable bonds is 1. The van der Waals surface area contributed by atoms with Crippen molar-refractivity contribution in [2.75, 3.05) is 0 Å². The van der Waals surface area contributed by atoms with Crippen LogP contribution >= 0.6 is 0 Å². The monoisotopic (exact) mass is 566 g/mol. The fourth-order valence-corrected chi connectivity index (χ4v) is 6.59. The van der Waals surface area contributed by atoms with Crippen LogP contribution in [0.25, 0.3) is 0 Å². The second-order valence-electron chi connectivity index (χ2n) is 12.7. The summed E-state index contributed by atoms with van der Waals surface area (Å²) in [6.07, 6.45) is 5.56. The molecule has 0 aliphatic carbocycles. The Morgan fingerprint density at radius 1 is 0.525 bits per heavy atom. The van der Waals surface area contributed by atoms with Gasteiger partial charge in [-0.2, -0.15) is 0 Å². The first-order chi connectivity index (χ1) is 19.0. The SMILES string of the molecule is CC[C@@H]1C[C@H]2CC[C@H](O2)[C@H](C)C(=O)O[C@@H](C)C[C@H]2CC[C@H](O2)[C@@H](C)C(=O)O[C@H](C)C[C@H]2CC[C@H](O2)[C@H](C)C(=O)O1. The molecule has 0 amide bonds. The lowest BCUT2D eigenvalue weighted by Crippen LogP contribution is -2.34. The smallest absolute Gasteiger partial charge is 0.311 e. The van der Waals surface area contributed by atoms with Crippen molar-refractivity contribution >= 4 is 17.9 Å². The van der Waals surface area contributed by atoms with Gasteiger partial charge in [0.25, 0.3) is 0 Å². The van der Waals surface area contributed by atoms with Gasteiger partial charge in [-0.25, -0.2) is 0 Å². The Morgan fingerprint density at radius 2 is 0.875 bits per heavy atom. The second kappa shape index (κ2) is 14.0. The summed E-state index contributed by atoms with van der Waals surface area (Å²) in [6.45, 7) is 11.4. The summed E-state index contributed by atoms with van der Waals surface area (Å²) in [5, 5.41) is 0. The van der Waals surface area contributed by atoms with Crippen LogP contribution in [0, 0.1) is 17.8 Å². The van der Waals surface area contributed by atoms with Crippen molar-refractivity contribution in [3.05, 3.63) is 0 Å². The second-order valence-corrected chi connectivity index (χ2v) is 12.7. The van der Waals surface area contributed by atoms with E-state index >= 15 is 0 Å². The number of hydrogen-bond donors (Lipinski definition) is 0. The summed E-state index contributed by atoms with van der Waals surface area (Å²) in [4.78, 5) is 38.9. The molecular formula is C31H50O9. The van der Waals surface area contributed by atoms with Crippen molar-refractivity contribution in [2.24, 2.45) is 17.8 Å². The lowest BCUT2D eigenvalue weighted by Gasteiger charge is -2.26. The number of hydrogen-bond acceptors (Lipinski definition) is 9. The molecule has 9 nitrogen and oxygen atoms in total. The molecular weight excluding hydrogens is 516 g/mol.